The summed E-state index contributed by atoms with van der Waals surface area (Å²) < 4.78 is 33.1. The van der Waals surface area contributed by atoms with Crippen LogP contribution < -0.4 is 9.47 Å². The van der Waals surface area contributed by atoms with E-state index in [9.17, 15) is 8.42 Å². The van der Waals surface area contributed by atoms with Gasteiger partial charge in [-0.3, -0.25) is 0 Å². The fraction of sp³-hybridized carbons (Fsp3) is 0.455. The summed E-state index contributed by atoms with van der Waals surface area (Å²) in [6, 6.07) is 5.30. The first-order valence-electron chi connectivity index (χ1n) is 5.20. The predicted molar refractivity (Wildman–Crippen MR) is 75.0 cm³/mol. The molecule has 0 saturated carbocycles. The Morgan fingerprint density at radius 1 is 1.44 bits per heavy atom. The molecule has 0 amide bonds. The van der Waals surface area contributed by atoms with Gasteiger partial charge >= 0.3 is 0 Å². The molecule has 18 heavy (non-hydrogen) atoms. The quantitative estimate of drug-likeness (QED) is 0.734. The second-order valence-electron chi connectivity index (χ2n) is 3.92. The Kier molecular flexibility index (Phi) is 5.75. The van der Waals surface area contributed by atoms with Crippen LogP contribution in [0.15, 0.2) is 22.7 Å². The lowest BCUT2D eigenvalue weighted by atomic mass is 10.2. The smallest absolute Gasteiger partial charge is 0.232 e. The standard InChI is InChI=1S/C11H14BrClO4S/c1-8(7-18(13,14)15)6-17-11-4-3-9(16-2)5-10(11)12/h3-5,8H,6-7H2,1-2H3. The maximum absolute atomic E-state index is 10.9. The highest BCUT2D eigenvalue weighted by Gasteiger charge is 2.14. The molecule has 0 fully saturated rings. The molecule has 0 heterocycles. The summed E-state index contributed by atoms with van der Waals surface area (Å²) in [5.41, 5.74) is 0. The summed E-state index contributed by atoms with van der Waals surface area (Å²) >= 11 is 3.35. The first-order valence-corrected chi connectivity index (χ1v) is 8.47. The van der Waals surface area contributed by atoms with E-state index in [0.29, 0.717) is 11.5 Å². The van der Waals surface area contributed by atoms with Crippen molar-refractivity contribution in [3.8, 4) is 11.5 Å². The van der Waals surface area contributed by atoms with E-state index in [0.717, 1.165) is 4.47 Å². The predicted octanol–water partition coefficient (Wildman–Crippen LogP) is 3.04. The third kappa shape index (κ3) is 5.46. The summed E-state index contributed by atoms with van der Waals surface area (Å²) in [5, 5.41) is 0. The van der Waals surface area contributed by atoms with Crippen molar-refractivity contribution < 1.29 is 17.9 Å². The van der Waals surface area contributed by atoms with Crippen molar-refractivity contribution in [2.24, 2.45) is 5.92 Å². The highest BCUT2D eigenvalue weighted by atomic mass is 79.9. The SMILES string of the molecule is COc1ccc(OCC(C)CS(=O)(=O)Cl)c(Br)c1. The minimum absolute atomic E-state index is 0.109. The summed E-state index contributed by atoms with van der Waals surface area (Å²) in [4.78, 5) is 0. The minimum atomic E-state index is -3.49. The highest BCUT2D eigenvalue weighted by Crippen LogP contribution is 2.29. The van der Waals surface area contributed by atoms with Gasteiger partial charge < -0.3 is 9.47 Å². The van der Waals surface area contributed by atoms with Gasteiger partial charge in [0.25, 0.3) is 0 Å². The van der Waals surface area contributed by atoms with Crippen LogP contribution in [0.2, 0.25) is 0 Å². The lowest BCUT2D eigenvalue weighted by Gasteiger charge is -2.13. The molecular formula is C11H14BrClO4S. The van der Waals surface area contributed by atoms with E-state index < -0.39 is 9.05 Å². The maximum Gasteiger partial charge on any atom is 0.232 e. The molecule has 1 atom stereocenters. The molecule has 1 aromatic carbocycles. The van der Waals surface area contributed by atoms with Crippen molar-refractivity contribution in [2.45, 2.75) is 6.92 Å². The first kappa shape index (κ1) is 15.6. The van der Waals surface area contributed by atoms with Gasteiger partial charge in [0, 0.05) is 16.6 Å². The van der Waals surface area contributed by atoms with Crippen molar-refractivity contribution in [1.29, 1.82) is 0 Å². The van der Waals surface area contributed by atoms with E-state index in [4.69, 9.17) is 20.2 Å². The Bertz CT molecular complexity index is 504. The molecule has 0 aliphatic carbocycles. The van der Waals surface area contributed by atoms with Crippen molar-refractivity contribution in [3.63, 3.8) is 0 Å². The van der Waals surface area contributed by atoms with Crippen molar-refractivity contribution in [2.75, 3.05) is 19.5 Å². The van der Waals surface area contributed by atoms with Gasteiger partial charge in [-0.2, -0.15) is 0 Å². The number of hydrogen-bond acceptors (Lipinski definition) is 4. The van der Waals surface area contributed by atoms with E-state index >= 15 is 0 Å². The van der Waals surface area contributed by atoms with Crippen molar-refractivity contribution in [3.05, 3.63) is 22.7 Å². The van der Waals surface area contributed by atoms with Crippen LogP contribution in [0.3, 0.4) is 0 Å². The average molecular weight is 358 g/mol. The fourth-order valence-corrected chi connectivity index (χ4v) is 3.24. The molecule has 1 rings (SSSR count). The van der Waals surface area contributed by atoms with Crippen LogP contribution in [0.25, 0.3) is 0 Å². The van der Waals surface area contributed by atoms with Crippen molar-refractivity contribution >= 4 is 35.7 Å². The van der Waals surface area contributed by atoms with E-state index in [2.05, 4.69) is 15.9 Å². The Balaban J connectivity index is 2.58. The van der Waals surface area contributed by atoms with Crippen molar-refractivity contribution in [1.82, 2.24) is 0 Å². The van der Waals surface area contributed by atoms with Crippen LogP contribution in [0.4, 0.5) is 0 Å². The lowest BCUT2D eigenvalue weighted by Crippen LogP contribution is -2.16. The Labute approximate surface area is 120 Å². The lowest BCUT2D eigenvalue weighted by molar-refractivity contribution is 0.270. The second-order valence-corrected chi connectivity index (χ2v) is 7.59. The molecule has 4 nitrogen and oxygen atoms in total. The average Bonchev–Trinajstić information content (AvgIpc) is 2.25. The van der Waals surface area contributed by atoms with Crippen LogP contribution in [-0.4, -0.2) is 27.9 Å². The summed E-state index contributed by atoms with van der Waals surface area (Å²) in [5.74, 6) is 1.06. The van der Waals surface area contributed by atoms with Crippen LogP contribution in [0, 0.1) is 5.92 Å². The van der Waals surface area contributed by atoms with Gasteiger partial charge in [-0.05, 0) is 34.1 Å². The molecule has 1 unspecified atom stereocenters. The summed E-state index contributed by atoms with van der Waals surface area (Å²) in [6.45, 7) is 2.04. The molecule has 0 aromatic heterocycles. The molecule has 0 saturated heterocycles. The maximum atomic E-state index is 10.9. The molecule has 0 N–H and O–H groups in total. The Hall–Kier alpha value is -0.460. The van der Waals surface area contributed by atoms with Crippen LogP contribution in [0.5, 0.6) is 11.5 Å². The minimum Gasteiger partial charge on any atom is -0.497 e. The Morgan fingerprint density at radius 2 is 2.11 bits per heavy atom. The van der Waals surface area contributed by atoms with Gasteiger partial charge in [-0.15, -0.1) is 0 Å². The normalized spacial score (nSPS) is 13.1. The molecule has 0 spiro atoms. The van der Waals surface area contributed by atoms with Gasteiger partial charge in [0.05, 0.1) is 23.9 Å². The molecular weight excluding hydrogens is 344 g/mol. The van der Waals surface area contributed by atoms with E-state index in [1.807, 2.05) is 0 Å². The molecule has 7 heteroatoms. The zero-order chi connectivity index (χ0) is 13.8. The third-order valence-electron chi connectivity index (χ3n) is 2.15. The van der Waals surface area contributed by atoms with Gasteiger partial charge in [-0.25, -0.2) is 8.42 Å². The van der Waals surface area contributed by atoms with E-state index in [1.165, 1.54) is 0 Å². The zero-order valence-electron chi connectivity index (χ0n) is 10.0. The Morgan fingerprint density at radius 3 is 2.61 bits per heavy atom. The van der Waals surface area contributed by atoms with Crippen LogP contribution in [0.1, 0.15) is 6.92 Å². The monoisotopic (exact) mass is 356 g/mol. The van der Waals surface area contributed by atoms with Crippen LogP contribution >= 0.6 is 26.6 Å². The fourth-order valence-electron chi connectivity index (χ4n) is 1.35. The van der Waals surface area contributed by atoms with Gasteiger partial charge in [-0.1, -0.05) is 6.92 Å². The number of rotatable bonds is 6. The van der Waals surface area contributed by atoms with Gasteiger partial charge in [0.1, 0.15) is 11.5 Å². The number of methoxy groups -OCH3 is 1. The van der Waals surface area contributed by atoms with Gasteiger partial charge in [0.15, 0.2) is 0 Å². The van der Waals surface area contributed by atoms with Gasteiger partial charge in [0.2, 0.25) is 9.05 Å². The number of halogens is 2. The summed E-state index contributed by atoms with van der Waals surface area (Å²) in [6.07, 6.45) is 0. The number of hydrogen-bond donors (Lipinski definition) is 0. The number of benzene rings is 1. The second kappa shape index (κ2) is 6.63. The largest absolute Gasteiger partial charge is 0.497 e. The molecule has 0 radical (unpaired) electrons. The highest BCUT2D eigenvalue weighted by molar-refractivity contribution is 9.10. The number of ether oxygens (including phenoxy) is 2. The summed E-state index contributed by atoms with van der Waals surface area (Å²) in [7, 11) is 3.26. The molecule has 0 bridgehead atoms. The molecule has 1 aromatic rings. The first-order chi connectivity index (χ1) is 8.31. The third-order valence-corrected chi connectivity index (χ3v) is 4.11. The zero-order valence-corrected chi connectivity index (χ0v) is 13.2. The molecule has 0 aliphatic rings. The van der Waals surface area contributed by atoms with E-state index in [-0.39, 0.29) is 18.3 Å². The molecule has 0 aliphatic heterocycles. The molecule has 102 valence electrons. The topological polar surface area (TPSA) is 52.6 Å². The van der Waals surface area contributed by atoms with E-state index in [1.54, 1.807) is 32.2 Å². The van der Waals surface area contributed by atoms with Crippen LogP contribution in [-0.2, 0) is 9.05 Å².